The molecule has 0 N–H and O–H groups in total. The highest BCUT2D eigenvalue weighted by Crippen LogP contribution is 2.19. The van der Waals surface area contributed by atoms with Crippen LogP contribution in [0.25, 0.3) is 0 Å². The van der Waals surface area contributed by atoms with Gasteiger partial charge in [-0.3, -0.25) is 0 Å². The fourth-order valence-corrected chi connectivity index (χ4v) is 1.55. The largest absolute Gasteiger partial charge is 0.487 e. The van der Waals surface area contributed by atoms with Crippen molar-refractivity contribution in [3.63, 3.8) is 0 Å². The van der Waals surface area contributed by atoms with E-state index in [9.17, 15) is 0 Å². The van der Waals surface area contributed by atoms with Gasteiger partial charge in [-0.2, -0.15) is 0 Å². The molecule has 2 aromatic rings. The smallest absolute Gasteiger partial charge is 0.132 e. The number of hydrogen-bond donors (Lipinski definition) is 0. The first-order valence-electron chi connectivity index (χ1n) is 4.74. The second-order valence-corrected chi connectivity index (χ2v) is 3.96. The monoisotopic (exact) mass is 253 g/mol. The molecule has 0 saturated carbocycles. The van der Waals surface area contributed by atoms with Gasteiger partial charge in [0, 0.05) is 0 Å². The van der Waals surface area contributed by atoms with Crippen molar-refractivity contribution in [3.05, 3.63) is 58.3 Å². The molecule has 2 rings (SSSR count). The van der Waals surface area contributed by atoms with Gasteiger partial charge in [0.05, 0.1) is 10.7 Å². The van der Waals surface area contributed by atoms with Crippen LogP contribution in [0.4, 0.5) is 0 Å². The van der Waals surface area contributed by atoms with E-state index in [1.54, 1.807) is 12.1 Å². The van der Waals surface area contributed by atoms with E-state index in [0.29, 0.717) is 22.5 Å². The summed E-state index contributed by atoms with van der Waals surface area (Å²) < 4.78 is 5.52. The Morgan fingerprint density at radius 3 is 2.50 bits per heavy atom. The minimum atomic E-state index is 0.309. The molecule has 2 nitrogen and oxygen atoms in total. The first kappa shape index (κ1) is 11.2. The summed E-state index contributed by atoms with van der Waals surface area (Å²) in [5.74, 6) is 0.778. The van der Waals surface area contributed by atoms with E-state index in [4.69, 9.17) is 27.9 Å². The van der Waals surface area contributed by atoms with Gasteiger partial charge in [-0.1, -0.05) is 41.4 Å². The Kier molecular flexibility index (Phi) is 3.65. The highest BCUT2D eigenvalue weighted by Gasteiger charge is 2.03. The quantitative estimate of drug-likeness (QED) is 0.773. The first-order valence-corrected chi connectivity index (χ1v) is 5.50. The summed E-state index contributed by atoms with van der Waals surface area (Å²) in [7, 11) is 0. The van der Waals surface area contributed by atoms with Gasteiger partial charge >= 0.3 is 0 Å². The van der Waals surface area contributed by atoms with Crippen molar-refractivity contribution < 1.29 is 4.74 Å². The lowest BCUT2D eigenvalue weighted by atomic mass is 10.3. The van der Waals surface area contributed by atoms with Crippen LogP contribution >= 0.6 is 23.2 Å². The Balaban J connectivity index is 2.08. The van der Waals surface area contributed by atoms with Crippen LogP contribution in [-0.2, 0) is 6.61 Å². The Morgan fingerprint density at radius 1 is 1.00 bits per heavy atom. The number of nitrogens with zero attached hydrogens (tertiary/aromatic N) is 1. The summed E-state index contributed by atoms with van der Waals surface area (Å²) in [4.78, 5) is 4.10. The molecule has 0 radical (unpaired) electrons. The highest BCUT2D eigenvalue weighted by molar-refractivity contribution is 6.32. The Bertz CT molecular complexity index is 474. The number of halogens is 2. The molecule has 16 heavy (non-hydrogen) atoms. The minimum absolute atomic E-state index is 0.309. The lowest BCUT2D eigenvalue weighted by Gasteiger charge is -2.06. The van der Waals surface area contributed by atoms with Crippen LogP contribution in [0, 0.1) is 0 Å². The second kappa shape index (κ2) is 5.19. The maximum Gasteiger partial charge on any atom is 0.132 e. The van der Waals surface area contributed by atoms with Crippen LogP contribution in [-0.4, -0.2) is 4.98 Å². The van der Waals surface area contributed by atoms with Gasteiger partial charge in [-0.25, -0.2) is 4.98 Å². The highest BCUT2D eigenvalue weighted by atomic mass is 35.5. The normalized spacial score (nSPS) is 10.1. The van der Waals surface area contributed by atoms with Crippen LogP contribution in [0.15, 0.2) is 42.5 Å². The van der Waals surface area contributed by atoms with Crippen molar-refractivity contribution in [2.24, 2.45) is 0 Å². The molecule has 0 aliphatic heterocycles. The Hall–Kier alpha value is -1.25. The summed E-state index contributed by atoms with van der Waals surface area (Å²) in [5.41, 5.74) is 0.637. The number of para-hydroxylation sites is 1. The van der Waals surface area contributed by atoms with Crippen LogP contribution in [0.3, 0.4) is 0 Å². The molecule has 0 unspecified atom stereocenters. The van der Waals surface area contributed by atoms with Gasteiger partial charge in [0.15, 0.2) is 0 Å². The Labute approximate surface area is 104 Å². The third-order valence-corrected chi connectivity index (χ3v) is 2.56. The molecule has 4 heteroatoms. The van der Waals surface area contributed by atoms with Crippen molar-refractivity contribution in [1.29, 1.82) is 0 Å². The van der Waals surface area contributed by atoms with Gasteiger partial charge in [-0.05, 0) is 24.3 Å². The number of aromatic nitrogens is 1. The lowest BCUT2D eigenvalue weighted by Crippen LogP contribution is -1.99. The standard InChI is InChI=1S/C12H9Cl2NO/c13-10-6-7-12(14)15-11(10)8-16-9-4-2-1-3-5-9/h1-7H,8H2. The average molecular weight is 254 g/mol. The van der Waals surface area contributed by atoms with E-state index in [0.717, 1.165) is 5.75 Å². The summed E-state index contributed by atoms with van der Waals surface area (Å²) in [6.07, 6.45) is 0. The van der Waals surface area contributed by atoms with Crippen molar-refractivity contribution in [2.75, 3.05) is 0 Å². The number of rotatable bonds is 3. The van der Waals surface area contributed by atoms with Crippen LogP contribution in [0.2, 0.25) is 10.2 Å². The van der Waals surface area contributed by atoms with Gasteiger partial charge in [0.1, 0.15) is 17.5 Å². The molecular weight excluding hydrogens is 245 g/mol. The fourth-order valence-electron chi connectivity index (χ4n) is 1.23. The summed E-state index contributed by atoms with van der Waals surface area (Å²) in [6.45, 7) is 0.309. The minimum Gasteiger partial charge on any atom is -0.487 e. The van der Waals surface area contributed by atoms with E-state index < -0.39 is 0 Å². The van der Waals surface area contributed by atoms with E-state index in [1.807, 2.05) is 30.3 Å². The van der Waals surface area contributed by atoms with Crippen LogP contribution in [0.1, 0.15) is 5.69 Å². The van der Waals surface area contributed by atoms with Crippen molar-refractivity contribution in [2.45, 2.75) is 6.61 Å². The number of pyridine rings is 1. The number of ether oxygens (including phenoxy) is 1. The van der Waals surface area contributed by atoms with Gasteiger partial charge in [0.25, 0.3) is 0 Å². The molecule has 1 heterocycles. The number of benzene rings is 1. The zero-order chi connectivity index (χ0) is 11.4. The molecule has 0 amide bonds. The third kappa shape index (κ3) is 2.87. The molecule has 0 saturated heterocycles. The van der Waals surface area contributed by atoms with Crippen molar-refractivity contribution in [1.82, 2.24) is 4.98 Å². The topological polar surface area (TPSA) is 22.1 Å². The van der Waals surface area contributed by atoms with E-state index >= 15 is 0 Å². The van der Waals surface area contributed by atoms with E-state index in [-0.39, 0.29) is 0 Å². The van der Waals surface area contributed by atoms with Crippen LogP contribution < -0.4 is 4.74 Å². The van der Waals surface area contributed by atoms with Crippen molar-refractivity contribution >= 4 is 23.2 Å². The average Bonchev–Trinajstić information content (AvgIpc) is 2.32. The molecular formula is C12H9Cl2NO. The molecule has 1 aromatic carbocycles. The molecule has 0 aliphatic carbocycles. The van der Waals surface area contributed by atoms with E-state index in [2.05, 4.69) is 4.98 Å². The molecule has 82 valence electrons. The maximum absolute atomic E-state index is 5.96. The molecule has 0 aliphatic rings. The van der Waals surface area contributed by atoms with Crippen LogP contribution in [0.5, 0.6) is 5.75 Å². The summed E-state index contributed by atoms with van der Waals surface area (Å²) >= 11 is 11.7. The predicted octanol–water partition coefficient (Wildman–Crippen LogP) is 3.97. The molecule has 0 spiro atoms. The zero-order valence-corrected chi connectivity index (χ0v) is 9.87. The summed E-state index contributed by atoms with van der Waals surface area (Å²) in [6, 6.07) is 12.8. The predicted molar refractivity (Wildman–Crippen MR) is 65.0 cm³/mol. The maximum atomic E-state index is 5.96. The number of hydrogen-bond acceptors (Lipinski definition) is 2. The van der Waals surface area contributed by atoms with Gasteiger partial charge < -0.3 is 4.74 Å². The SMILES string of the molecule is Clc1ccc(Cl)c(COc2ccccc2)n1. The lowest BCUT2D eigenvalue weighted by molar-refractivity contribution is 0.301. The first-order chi connectivity index (χ1) is 7.75. The zero-order valence-electron chi connectivity index (χ0n) is 8.36. The summed E-state index contributed by atoms with van der Waals surface area (Å²) in [5, 5.41) is 0.969. The Morgan fingerprint density at radius 2 is 1.75 bits per heavy atom. The molecule has 0 fully saturated rings. The van der Waals surface area contributed by atoms with Gasteiger partial charge in [0.2, 0.25) is 0 Å². The van der Waals surface area contributed by atoms with Crippen molar-refractivity contribution in [3.8, 4) is 5.75 Å². The molecule has 0 atom stereocenters. The fraction of sp³-hybridized carbons (Fsp3) is 0.0833. The molecule has 0 bridgehead atoms. The van der Waals surface area contributed by atoms with E-state index in [1.165, 1.54) is 0 Å². The second-order valence-electron chi connectivity index (χ2n) is 3.16. The van der Waals surface area contributed by atoms with Gasteiger partial charge in [-0.15, -0.1) is 0 Å². The molecule has 1 aromatic heterocycles. The third-order valence-electron chi connectivity index (χ3n) is 2.00.